The molecule has 0 amide bonds. The minimum atomic E-state index is -3.88. The molecule has 0 atom stereocenters. The zero-order chi connectivity index (χ0) is 24.6. The first-order valence-corrected chi connectivity index (χ1v) is 13.2. The van der Waals surface area contributed by atoms with E-state index in [0.717, 1.165) is 28.0 Å². The van der Waals surface area contributed by atoms with Crippen molar-refractivity contribution in [3.05, 3.63) is 98.4 Å². The van der Waals surface area contributed by atoms with Crippen LogP contribution in [0.25, 0.3) is 21.6 Å². The lowest BCUT2D eigenvalue weighted by Crippen LogP contribution is -2.23. The van der Waals surface area contributed by atoms with E-state index in [1.807, 2.05) is 43.3 Å². The average molecular weight is 527 g/mol. The summed E-state index contributed by atoms with van der Waals surface area (Å²) >= 11 is 6.93. The summed E-state index contributed by atoms with van der Waals surface area (Å²) in [6.45, 7) is 2.13. The average Bonchev–Trinajstić information content (AvgIpc) is 3.43. The van der Waals surface area contributed by atoms with Crippen LogP contribution in [0, 0.1) is 6.92 Å². The Bertz CT molecular complexity index is 1690. The Morgan fingerprint density at radius 3 is 2.63 bits per heavy atom. The number of nitrogens with zero attached hydrogens (tertiary/aromatic N) is 3. The van der Waals surface area contributed by atoms with Crippen LogP contribution in [0.2, 0.25) is 5.02 Å². The topological polar surface area (TPSA) is 107 Å². The molecule has 2 heterocycles. The van der Waals surface area contributed by atoms with Crippen molar-refractivity contribution in [1.82, 2.24) is 19.4 Å². The Labute approximate surface area is 209 Å². The van der Waals surface area contributed by atoms with Crippen LogP contribution in [-0.4, -0.2) is 23.1 Å². The van der Waals surface area contributed by atoms with Gasteiger partial charge in [-0.25, -0.2) is 13.1 Å². The second-order valence-electron chi connectivity index (χ2n) is 7.86. The van der Waals surface area contributed by atoms with Crippen molar-refractivity contribution in [2.24, 2.45) is 0 Å². The van der Waals surface area contributed by atoms with E-state index in [9.17, 15) is 13.2 Å². The fourth-order valence-corrected chi connectivity index (χ4v) is 5.77. The van der Waals surface area contributed by atoms with Crippen molar-refractivity contribution in [3.8, 4) is 11.4 Å². The van der Waals surface area contributed by atoms with E-state index < -0.39 is 10.0 Å². The van der Waals surface area contributed by atoms with Gasteiger partial charge in [-0.3, -0.25) is 9.36 Å². The molecular weight excluding hydrogens is 508 g/mol. The lowest BCUT2D eigenvalue weighted by atomic mass is 10.1. The molecule has 1 N–H and O–H groups in total. The number of aryl methyl sites for hydroxylation is 1. The van der Waals surface area contributed by atoms with Crippen LogP contribution in [0.15, 0.2) is 80.9 Å². The van der Waals surface area contributed by atoms with Gasteiger partial charge in [0.05, 0.1) is 28.2 Å². The summed E-state index contributed by atoms with van der Waals surface area (Å²) in [7, 11) is -3.88. The van der Waals surface area contributed by atoms with Crippen molar-refractivity contribution in [2.75, 3.05) is 0 Å². The number of sulfonamides is 1. The van der Waals surface area contributed by atoms with Gasteiger partial charge in [0.2, 0.25) is 21.7 Å². The first-order chi connectivity index (χ1) is 16.8. The van der Waals surface area contributed by atoms with Crippen molar-refractivity contribution >= 4 is 43.2 Å². The molecular formula is C24H19ClN4O4S2. The van der Waals surface area contributed by atoms with Gasteiger partial charge in [0.15, 0.2) is 0 Å². The molecule has 8 nitrogen and oxygen atoms in total. The highest BCUT2D eigenvalue weighted by Crippen LogP contribution is 2.24. The van der Waals surface area contributed by atoms with Crippen molar-refractivity contribution in [2.45, 2.75) is 24.9 Å². The summed E-state index contributed by atoms with van der Waals surface area (Å²) in [5.74, 6) is 0.539. The van der Waals surface area contributed by atoms with Crippen molar-refractivity contribution < 1.29 is 12.9 Å². The maximum absolute atomic E-state index is 12.9. The number of rotatable bonds is 7. The first kappa shape index (κ1) is 23.4. The molecule has 0 saturated carbocycles. The lowest BCUT2D eigenvalue weighted by molar-refractivity contribution is 0.376. The number of benzene rings is 3. The fourth-order valence-electron chi connectivity index (χ4n) is 3.64. The highest BCUT2D eigenvalue weighted by molar-refractivity contribution is 7.89. The Kier molecular flexibility index (Phi) is 6.28. The molecule has 0 aliphatic carbocycles. The second-order valence-corrected chi connectivity index (χ2v) is 11.1. The van der Waals surface area contributed by atoms with Gasteiger partial charge in [0.1, 0.15) is 0 Å². The third-order valence-electron chi connectivity index (χ3n) is 5.47. The Morgan fingerprint density at radius 2 is 1.86 bits per heavy atom. The van der Waals surface area contributed by atoms with E-state index >= 15 is 0 Å². The van der Waals surface area contributed by atoms with E-state index in [-0.39, 0.29) is 22.2 Å². The van der Waals surface area contributed by atoms with Crippen LogP contribution >= 0.6 is 22.9 Å². The molecule has 0 aliphatic rings. The number of hydrogen-bond donors (Lipinski definition) is 1. The summed E-state index contributed by atoms with van der Waals surface area (Å²) in [6, 6.07) is 19.4. The largest absolute Gasteiger partial charge is 0.338 e. The van der Waals surface area contributed by atoms with Gasteiger partial charge in [-0.2, -0.15) is 4.98 Å². The molecule has 0 unspecified atom stereocenters. The third-order valence-corrected chi connectivity index (χ3v) is 8.06. The number of hydrogen-bond acceptors (Lipinski definition) is 7. The zero-order valence-electron chi connectivity index (χ0n) is 18.4. The normalized spacial score (nSPS) is 11.8. The smallest absolute Gasteiger partial charge is 0.308 e. The van der Waals surface area contributed by atoms with E-state index in [1.54, 1.807) is 22.8 Å². The van der Waals surface area contributed by atoms with E-state index in [4.69, 9.17) is 16.1 Å². The predicted octanol–water partition coefficient (Wildman–Crippen LogP) is 4.60. The molecule has 3 aromatic carbocycles. The van der Waals surface area contributed by atoms with Crippen molar-refractivity contribution in [3.63, 3.8) is 0 Å². The summed E-state index contributed by atoms with van der Waals surface area (Å²) in [5.41, 5.74) is 3.37. The molecule has 35 heavy (non-hydrogen) atoms. The van der Waals surface area contributed by atoms with E-state index in [2.05, 4.69) is 14.9 Å². The predicted molar refractivity (Wildman–Crippen MR) is 135 cm³/mol. The molecule has 0 bridgehead atoms. The van der Waals surface area contributed by atoms with Crippen LogP contribution in [0.1, 0.15) is 17.0 Å². The maximum atomic E-state index is 12.9. The van der Waals surface area contributed by atoms with Gasteiger partial charge >= 0.3 is 4.87 Å². The number of thiazole rings is 1. The highest BCUT2D eigenvalue weighted by Gasteiger charge is 2.19. The third kappa shape index (κ3) is 4.92. The number of halogens is 1. The van der Waals surface area contributed by atoms with Gasteiger partial charge in [0.25, 0.3) is 0 Å². The Hall–Kier alpha value is -3.31. The Morgan fingerprint density at radius 1 is 1.09 bits per heavy atom. The van der Waals surface area contributed by atoms with Crippen LogP contribution in [-0.2, 0) is 23.1 Å². The molecule has 0 saturated heterocycles. The number of aromatic nitrogens is 3. The molecule has 0 fully saturated rings. The second kappa shape index (κ2) is 9.38. The van der Waals surface area contributed by atoms with E-state index in [1.165, 1.54) is 12.1 Å². The van der Waals surface area contributed by atoms with Crippen LogP contribution in [0.5, 0.6) is 0 Å². The van der Waals surface area contributed by atoms with Crippen LogP contribution < -0.4 is 9.60 Å². The van der Waals surface area contributed by atoms with Gasteiger partial charge in [-0.15, -0.1) is 0 Å². The molecule has 0 radical (unpaired) electrons. The van der Waals surface area contributed by atoms with Gasteiger partial charge in [0, 0.05) is 10.6 Å². The summed E-state index contributed by atoms with van der Waals surface area (Å²) in [5, 5.41) is 4.57. The molecule has 5 aromatic rings. The maximum Gasteiger partial charge on any atom is 0.308 e. The summed E-state index contributed by atoms with van der Waals surface area (Å²) < 4.78 is 35.7. The lowest BCUT2D eigenvalue weighted by Gasteiger charge is -2.07. The summed E-state index contributed by atoms with van der Waals surface area (Å²) in [4.78, 5) is 16.8. The standard InChI is InChI=1S/C24H19ClN4O4S2/c1-15-4-2-3-5-19(15)23-27-22(33-28-23)13-26-35(31,32)18-10-11-20-21(12-18)34-24(30)29(20)14-16-6-8-17(25)9-7-16/h2-12,26H,13-14H2,1H3. The van der Waals surface area contributed by atoms with Crippen LogP contribution in [0.4, 0.5) is 0 Å². The van der Waals surface area contributed by atoms with E-state index in [0.29, 0.717) is 27.6 Å². The SMILES string of the molecule is Cc1ccccc1-c1noc(CNS(=O)(=O)c2ccc3c(c2)sc(=O)n3Cc2ccc(Cl)cc2)n1. The van der Waals surface area contributed by atoms with Gasteiger partial charge < -0.3 is 4.52 Å². The minimum Gasteiger partial charge on any atom is -0.338 e. The molecule has 0 spiro atoms. The molecule has 5 rings (SSSR count). The minimum absolute atomic E-state index is 0.0449. The molecule has 2 aromatic heterocycles. The summed E-state index contributed by atoms with van der Waals surface area (Å²) in [6.07, 6.45) is 0. The monoisotopic (exact) mass is 526 g/mol. The van der Waals surface area contributed by atoms with Crippen molar-refractivity contribution in [1.29, 1.82) is 0 Å². The van der Waals surface area contributed by atoms with Gasteiger partial charge in [-0.1, -0.05) is 64.5 Å². The van der Waals surface area contributed by atoms with Crippen LogP contribution in [0.3, 0.4) is 0 Å². The molecule has 0 aliphatic heterocycles. The highest BCUT2D eigenvalue weighted by atomic mass is 35.5. The quantitative estimate of drug-likeness (QED) is 0.332. The van der Waals surface area contributed by atoms with Gasteiger partial charge in [-0.05, 0) is 48.4 Å². The Balaban J connectivity index is 1.35. The fraction of sp³-hybridized carbons (Fsp3) is 0.125. The first-order valence-electron chi connectivity index (χ1n) is 10.6. The number of nitrogens with one attached hydrogen (secondary N) is 1. The zero-order valence-corrected chi connectivity index (χ0v) is 20.8. The molecule has 178 valence electrons. The number of fused-ring (bicyclic) bond motifs is 1. The molecule has 11 heteroatoms.